The molecule has 134 valence electrons. The predicted molar refractivity (Wildman–Crippen MR) is 107 cm³/mol. The van der Waals surface area contributed by atoms with E-state index >= 15 is 0 Å². The first-order valence-electron chi connectivity index (χ1n) is 8.79. The summed E-state index contributed by atoms with van der Waals surface area (Å²) >= 11 is 0. The second kappa shape index (κ2) is 6.28. The third kappa shape index (κ3) is 2.73. The van der Waals surface area contributed by atoms with Crippen molar-refractivity contribution in [1.29, 1.82) is 0 Å². The molecule has 7 heteroatoms. The molecule has 0 spiro atoms. The number of methoxy groups -OCH3 is 1. The molecule has 0 fully saturated rings. The van der Waals surface area contributed by atoms with Crippen LogP contribution in [0.4, 0.5) is 11.5 Å². The number of aliphatic imine (C=N–C) groups is 1. The van der Waals surface area contributed by atoms with Gasteiger partial charge >= 0.3 is 0 Å². The van der Waals surface area contributed by atoms with E-state index in [1.807, 2.05) is 48.7 Å². The molecule has 1 aliphatic rings. The number of rotatable bonds is 4. The average Bonchev–Trinajstić information content (AvgIpc) is 3.41. The van der Waals surface area contributed by atoms with Crippen LogP contribution in [-0.2, 0) is 0 Å². The molecule has 0 amide bonds. The van der Waals surface area contributed by atoms with E-state index in [0.29, 0.717) is 5.82 Å². The summed E-state index contributed by atoms with van der Waals surface area (Å²) < 4.78 is 5.34. The van der Waals surface area contributed by atoms with E-state index in [0.717, 1.165) is 57.7 Å². The molecule has 0 unspecified atom stereocenters. The number of hydrogen-bond donors (Lipinski definition) is 3. The Bertz CT molecular complexity index is 1160. The topological polar surface area (TPSA) is 87.2 Å². The summed E-state index contributed by atoms with van der Waals surface area (Å²) in [5.41, 5.74) is 3.71. The second-order valence-corrected chi connectivity index (χ2v) is 6.35. The Balaban J connectivity index is 1.53. The van der Waals surface area contributed by atoms with Crippen molar-refractivity contribution in [3.05, 3.63) is 54.2 Å². The van der Waals surface area contributed by atoms with E-state index in [1.165, 1.54) is 0 Å². The van der Waals surface area contributed by atoms with Crippen molar-refractivity contribution in [2.45, 2.75) is 0 Å². The first kappa shape index (κ1) is 15.6. The molecule has 0 saturated carbocycles. The van der Waals surface area contributed by atoms with Crippen LogP contribution < -0.4 is 15.4 Å². The molecule has 1 aliphatic heterocycles. The van der Waals surface area contributed by atoms with Crippen LogP contribution in [0.5, 0.6) is 5.75 Å². The van der Waals surface area contributed by atoms with Crippen molar-refractivity contribution >= 4 is 39.1 Å². The highest BCUT2D eigenvalue weighted by atomic mass is 16.5. The van der Waals surface area contributed by atoms with Gasteiger partial charge in [-0.25, -0.2) is 4.98 Å². The highest BCUT2D eigenvalue weighted by Gasteiger charge is 2.13. The number of anilines is 2. The Morgan fingerprint density at radius 2 is 1.96 bits per heavy atom. The Labute approximate surface area is 155 Å². The lowest BCUT2D eigenvalue weighted by molar-refractivity contribution is 0.415. The van der Waals surface area contributed by atoms with Gasteiger partial charge in [0.05, 0.1) is 19.2 Å². The SMILES string of the molecule is COc1ccc2nc(Nc3ccc(C4=NCCN4)cc3)c3n[nH]cc3c2c1. The van der Waals surface area contributed by atoms with Gasteiger partial charge in [0, 0.05) is 34.8 Å². The maximum atomic E-state index is 5.34. The lowest BCUT2D eigenvalue weighted by Crippen LogP contribution is -2.19. The molecular formula is C20H18N6O. The van der Waals surface area contributed by atoms with Crippen LogP contribution in [0.3, 0.4) is 0 Å². The quantitative estimate of drug-likeness (QED) is 0.521. The Morgan fingerprint density at radius 1 is 1.07 bits per heavy atom. The van der Waals surface area contributed by atoms with Crippen molar-refractivity contribution in [3.8, 4) is 5.75 Å². The summed E-state index contributed by atoms with van der Waals surface area (Å²) in [6, 6.07) is 14.0. The van der Waals surface area contributed by atoms with Crippen LogP contribution in [0.25, 0.3) is 21.8 Å². The largest absolute Gasteiger partial charge is 0.497 e. The van der Waals surface area contributed by atoms with Gasteiger partial charge in [-0.1, -0.05) is 0 Å². The Morgan fingerprint density at radius 3 is 2.74 bits per heavy atom. The minimum absolute atomic E-state index is 0.716. The van der Waals surface area contributed by atoms with E-state index in [9.17, 15) is 0 Å². The monoisotopic (exact) mass is 358 g/mol. The first-order chi connectivity index (χ1) is 13.3. The van der Waals surface area contributed by atoms with Crippen molar-refractivity contribution in [2.75, 3.05) is 25.5 Å². The van der Waals surface area contributed by atoms with Crippen LogP contribution in [0.2, 0.25) is 0 Å². The fraction of sp³-hybridized carbons (Fsp3) is 0.150. The number of amidine groups is 1. The zero-order valence-electron chi connectivity index (χ0n) is 14.8. The van der Waals surface area contributed by atoms with E-state index in [1.54, 1.807) is 7.11 Å². The Hall–Kier alpha value is -3.61. The number of pyridine rings is 1. The smallest absolute Gasteiger partial charge is 0.159 e. The zero-order valence-corrected chi connectivity index (χ0v) is 14.8. The van der Waals surface area contributed by atoms with Crippen molar-refractivity contribution in [3.63, 3.8) is 0 Å². The maximum Gasteiger partial charge on any atom is 0.159 e. The highest BCUT2D eigenvalue weighted by Crippen LogP contribution is 2.31. The number of aromatic nitrogens is 3. The highest BCUT2D eigenvalue weighted by molar-refractivity contribution is 6.09. The molecular weight excluding hydrogens is 340 g/mol. The van der Waals surface area contributed by atoms with Gasteiger partial charge in [0.2, 0.25) is 0 Å². The second-order valence-electron chi connectivity index (χ2n) is 6.35. The van der Waals surface area contributed by atoms with E-state index in [2.05, 4.69) is 25.8 Å². The van der Waals surface area contributed by atoms with Crippen LogP contribution in [-0.4, -0.2) is 41.2 Å². The number of hydrogen-bond acceptors (Lipinski definition) is 6. The fourth-order valence-electron chi connectivity index (χ4n) is 3.33. The van der Waals surface area contributed by atoms with Gasteiger partial charge in [0.1, 0.15) is 17.1 Å². The number of aromatic amines is 1. The molecule has 3 N–H and O–H groups in total. The van der Waals surface area contributed by atoms with E-state index in [-0.39, 0.29) is 0 Å². The number of fused-ring (bicyclic) bond motifs is 3. The number of nitrogens with one attached hydrogen (secondary N) is 3. The number of benzene rings is 2. The Kier molecular flexibility index (Phi) is 3.64. The molecule has 2 aromatic carbocycles. The molecule has 0 bridgehead atoms. The van der Waals surface area contributed by atoms with Crippen LogP contribution in [0, 0.1) is 0 Å². The summed E-state index contributed by atoms with van der Waals surface area (Å²) in [4.78, 5) is 9.21. The zero-order chi connectivity index (χ0) is 18.2. The normalized spacial score (nSPS) is 13.6. The summed E-state index contributed by atoms with van der Waals surface area (Å²) in [7, 11) is 1.66. The molecule has 3 heterocycles. The van der Waals surface area contributed by atoms with Crippen LogP contribution in [0.15, 0.2) is 53.7 Å². The fourth-order valence-corrected chi connectivity index (χ4v) is 3.33. The molecule has 0 radical (unpaired) electrons. The van der Waals surface area contributed by atoms with E-state index in [4.69, 9.17) is 9.72 Å². The lowest BCUT2D eigenvalue weighted by Gasteiger charge is -2.10. The predicted octanol–water partition coefficient (Wildman–Crippen LogP) is 3.21. The van der Waals surface area contributed by atoms with E-state index < -0.39 is 0 Å². The number of ether oxygens (including phenoxy) is 1. The van der Waals surface area contributed by atoms with Gasteiger partial charge in [0.15, 0.2) is 5.82 Å². The minimum Gasteiger partial charge on any atom is -0.497 e. The van der Waals surface area contributed by atoms with Crippen molar-refractivity contribution in [2.24, 2.45) is 4.99 Å². The molecule has 2 aromatic heterocycles. The molecule has 7 nitrogen and oxygen atoms in total. The standard InChI is InChI=1S/C20H18N6O/c1-27-14-6-7-17-15(10-14)16-11-23-26-18(16)20(25-17)24-13-4-2-12(3-5-13)19-21-8-9-22-19/h2-7,10-11H,8-9H2,1H3,(H,21,22)(H,23,26)(H,24,25). The van der Waals surface area contributed by atoms with Gasteiger partial charge in [0.25, 0.3) is 0 Å². The summed E-state index contributed by atoms with van der Waals surface area (Å²) in [5.74, 6) is 2.47. The van der Waals surface area contributed by atoms with Crippen LogP contribution >= 0.6 is 0 Å². The summed E-state index contributed by atoms with van der Waals surface area (Å²) in [6.45, 7) is 1.73. The first-order valence-corrected chi connectivity index (χ1v) is 8.79. The summed E-state index contributed by atoms with van der Waals surface area (Å²) in [5, 5.41) is 16.0. The number of H-pyrrole nitrogens is 1. The molecule has 4 aromatic rings. The molecule has 0 atom stereocenters. The lowest BCUT2D eigenvalue weighted by atomic mass is 10.1. The van der Waals surface area contributed by atoms with Gasteiger partial charge in [-0.15, -0.1) is 0 Å². The maximum absolute atomic E-state index is 5.34. The molecule has 0 saturated heterocycles. The minimum atomic E-state index is 0.716. The van der Waals surface area contributed by atoms with Gasteiger partial charge in [-0.05, 0) is 42.5 Å². The summed E-state index contributed by atoms with van der Waals surface area (Å²) in [6.07, 6.45) is 1.89. The van der Waals surface area contributed by atoms with Gasteiger partial charge in [-0.2, -0.15) is 5.10 Å². The third-order valence-corrected chi connectivity index (χ3v) is 4.69. The number of nitrogens with zero attached hydrogens (tertiary/aromatic N) is 3. The van der Waals surface area contributed by atoms with Crippen LogP contribution in [0.1, 0.15) is 5.56 Å². The molecule has 5 rings (SSSR count). The van der Waals surface area contributed by atoms with Gasteiger partial charge in [-0.3, -0.25) is 10.1 Å². The average molecular weight is 358 g/mol. The molecule has 0 aliphatic carbocycles. The van der Waals surface area contributed by atoms with Crippen molar-refractivity contribution in [1.82, 2.24) is 20.5 Å². The van der Waals surface area contributed by atoms with Crippen molar-refractivity contribution < 1.29 is 4.74 Å². The molecule has 27 heavy (non-hydrogen) atoms. The van der Waals surface area contributed by atoms with Gasteiger partial charge < -0.3 is 15.4 Å². The third-order valence-electron chi connectivity index (χ3n) is 4.69.